The normalized spacial score (nSPS) is 8.73. The molecule has 0 unspecified atom stereocenters. The number of carbonyl (C=O) groups excluding carboxylic acids is 1. The van der Waals surface area contributed by atoms with E-state index in [4.69, 9.17) is 10.5 Å². The van der Waals surface area contributed by atoms with E-state index >= 15 is 0 Å². The summed E-state index contributed by atoms with van der Waals surface area (Å²) in [5, 5.41) is 19.6. The second kappa shape index (κ2) is 4.78. The van der Waals surface area contributed by atoms with Crippen molar-refractivity contribution in [1.29, 1.82) is 10.5 Å². The van der Waals surface area contributed by atoms with Gasteiger partial charge in [-0.05, 0) is 24.6 Å². The lowest BCUT2D eigenvalue weighted by molar-refractivity contribution is -0.115. The lowest BCUT2D eigenvalue weighted by atomic mass is 10.1. The van der Waals surface area contributed by atoms with Crippen LogP contribution in [-0.4, -0.2) is 5.91 Å². The first kappa shape index (κ1) is 10.7. The van der Waals surface area contributed by atoms with E-state index in [0.717, 1.165) is 5.56 Å². The highest BCUT2D eigenvalue weighted by Gasteiger charge is 2.06. The van der Waals surface area contributed by atoms with Crippen LogP contribution in [0.2, 0.25) is 0 Å². The standard InChI is InChI=1S/C11H9N3O/c1-8-2-3-9(7-13)10(6-8)14-11(15)4-5-12/h2-3,6H,4H2,1H3,(H,14,15). The molecule has 0 heterocycles. The molecule has 0 fully saturated rings. The van der Waals surface area contributed by atoms with E-state index in [1.54, 1.807) is 24.3 Å². The van der Waals surface area contributed by atoms with Crippen molar-refractivity contribution >= 4 is 11.6 Å². The molecule has 0 saturated heterocycles. The number of hydrogen-bond donors (Lipinski definition) is 1. The quantitative estimate of drug-likeness (QED) is 0.787. The molecule has 1 aromatic carbocycles. The first-order valence-corrected chi connectivity index (χ1v) is 4.35. The number of nitrogens with zero attached hydrogens (tertiary/aromatic N) is 2. The van der Waals surface area contributed by atoms with Crippen LogP contribution in [0.5, 0.6) is 0 Å². The van der Waals surface area contributed by atoms with Gasteiger partial charge in [-0.3, -0.25) is 4.79 Å². The van der Waals surface area contributed by atoms with E-state index in [2.05, 4.69) is 5.32 Å². The van der Waals surface area contributed by atoms with Crippen molar-refractivity contribution in [3.05, 3.63) is 29.3 Å². The molecule has 4 nitrogen and oxygen atoms in total. The Bertz CT molecular complexity index is 466. The first-order valence-electron chi connectivity index (χ1n) is 4.35. The third-order valence-electron chi connectivity index (χ3n) is 1.81. The number of nitrogens with one attached hydrogen (secondary N) is 1. The molecule has 4 heteroatoms. The number of hydrogen-bond acceptors (Lipinski definition) is 3. The van der Waals surface area contributed by atoms with Crippen LogP contribution in [0.25, 0.3) is 0 Å². The largest absolute Gasteiger partial charge is 0.324 e. The minimum atomic E-state index is -0.403. The van der Waals surface area contributed by atoms with Crippen LogP contribution >= 0.6 is 0 Å². The van der Waals surface area contributed by atoms with Gasteiger partial charge in [0, 0.05) is 0 Å². The number of carbonyl (C=O) groups is 1. The van der Waals surface area contributed by atoms with E-state index in [1.807, 2.05) is 13.0 Å². The Hall–Kier alpha value is -2.33. The molecule has 0 bridgehead atoms. The SMILES string of the molecule is Cc1ccc(C#N)c(NC(=O)CC#N)c1. The van der Waals surface area contributed by atoms with Gasteiger partial charge in [-0.1, -0.05) is 6.07 Å². The molecule has 0 aliphatic heterocycles. The van der Waals surface area contributed by atoms with Crippen LogP contribution in [0.1, 0.15) is 17.5 Å². The van der Waals surface area contributed by atoms with Gasteiger partial charge in [-0.25, -0.2) is 0 Å². The molecule has 0 aliphatic carbocycles. The summed E-state index contributed by atoms with van der Waals surface area (Å²) >= 11 is 0. The Balaban J connectivity index is 2.94. The topological polar surface area (TPSA) is 76.7 Å². The average Bonchev–Trinajstić information content (AvgIpc) is 2.18. The summed E-state index contributed by atoms with van der Waals surface area (Å²) < 4.78 is 0. The van der Waals surface area contributed by atoms with Crippen molar-refractivity contribution < 1.29 is 4.79 Å². The van der Waals surface area contributed by atoms with Crippen LogP contribution in [-0.2, 0) is 4.79 Å². The molecule has 74 valence electrons. The number of benzene rings is 1. The van der Waals surface area contributed by atoms with E-state index in [0.29, 0.717) is 11.3 Å². The third-order valence-corrected chi connectivity index (χ3v) is 1.81. The Morgan fingerprint density at radius 3 is 2.80 bits per heavy atom. The van der Waals surface area contributed by atoms with Crippen LogP contribution in [0.4, 0.5) is 5.69 Å². The van der Waals surface area contributed by atoms with Crippen LogP contribution in [0, 0.1) is 29.6 Å². The molecule has 0 saturated carbocycles. The van der Waals surface area contributed by atoms with Gasteiger partial charge in [0.15, 0.2) is 0 Å². The average molecular weight is 199 g/mol. The summed E-state index contributed by atoms with van der Waals surface area (Å²) in [6.45, 7) is 1.86. The maximum Gasteiger partial charge on any atom is 0.238 e. The van der Waals surface area contributed by atoms with E-state index in [1.165, 1.54) is 0 Å². The Kier molecular flexibility index (Phi) is 3.43. The zero-order valence-corrected chi connectivity index (χ0v) is 8.24. The number of amides is 1. The summed E-state index contributed by atoms with van der Waals surface area (Å²) in [4.78, 5) is 11.1. The van der Waals surface area contributed by atoms with Crippen molar-refractivity contribution in [2.75, 3.05) is 5.32 Å². The van der Waals surface area contributed by atoms with Gasteiger partial charge in [0.05, 0.1) is 17.3 Å². The Morgan fingerprint density at radius 1 is 1.47 bits per heavy atom. The highest BCUT2D eigenvalue weighted by molar-refractivity contribution is 5.93. The number of aryl methyl sites for hydroxylation is 1. The zero-order chi connectivity index (χ0) is 11.3. The number of nitriles is 2. The van der Waals surface area contributed by atoms with E-state index in [-0.39, 0.29) is 6.42 Å². The maximum absolute atomic E-state index is 11.1. The molecule has 15 heavy (non-hydrogen) atoms. The fourth-order valence-corrected chi connectivity index (χ4v) is 1.13. The fraction of sp³-hybridized carbons (Fsp3) is 0.182. The molecule has 0 aliphatic rings. The van der Waals surface area contributed by atoms with Crippen LogP contribution in [0.3, 0.4) is 0 Å². The van der Waals surface area contributed by atoms with Crippen molar-refractivity contribution in [2.24, 2.45) is 0 Å². The smallest absolute Gasteiger partial charge is 0.238 e. The molecule has 0 radical (unpaired) electrons. The molecule has 1 aromatic rings. The minimum Gasteiger partial charge on any atom is -0.324 e. The Labute approximate surface area is 87.8 Å². The van der Waals surface area contributed by atoms with Gasteiger partial charge in [-0.2, -0.15) is 10.5 Å². The third kappa shape index (κ3) is 2.82. The van der Waals surface area contributed by atoms with E-state index < -0.39 is 5.91 Å². The van der Waals surface area contributed by atoms with E-state index in [9.17, 15) is 4.79 Å². The molecule has 0 atom stereocenters. The fourth-order valence-electron chi connectivity index (χ4n) is 1.13. The molecule has 1 rings (SSSR count). The molecule has 1 N–H and O–H groups in total. The van der Waals surface area contributed by atoms with Gasteiger partial charge in [-0.15, -0.1) is 0 Å². The van der Waals surface area contributed by atoms with Gasteiger partial charge >= 0.3 is 0 Å². The molecular weight excluding hydrogens is 190 g/mol. The van der Waals surface area contributed by atoms with Gasteiger partial charge in [0.25, 0.3) is 0 Å². The van der Waals surface area contributed by atoms with Gasteiger partial charge < -0.3 is 5.32 Å². The zero-order valence-electron chi connectivity index (χ0n) is 8.24. The van der Waals surface area contributed by atoms with Crippen molar-refractivity contribution in [3.8, 4) is 12.1 Å². The summed E-state index contributed by atoms with van der Waals surface area (Å²) in [5.41, 5.74) is 1.80. The lowest BCUT2D eigenvalue weighted by Gasteiger charge is -2.05. The molecular formula is C11H9N3O. The predicted octanol–water partition coefficient (Wildman–Crippen LogP) is 1.72. The molecule has 1 amide bonds. The second-order valence-corrected chi connectivity index (χ2v) is 3.04. The predicted molar refractivity (Wildman–Crippen MR) is 54.8 cm³/mol. The monoisotopic (exact) mass is 199 g/mol. The molecule has 0 spiro atoms. The second-order valence-electron chi connectivity index (χ2n) is 3.04. The summed E-state index contributed by atoms with van der Waals surface area (Å²) in [5.74, 6) is -0.403. The van der Waals surface area contributed by atoms with Crippen LogP contribution in [0.15, 0.2) is 18.2 Å². The minimum absolute atomic E-state index is 0.210. The van der Waals surface area contributed by atoms with Gasteiger partial charge in [0.2, 0.25) is 5.91 Å². The number of rotatable bonds is 2. The first-order chi connectivity index (χ1) is 7.17. The lowest BCUT2D eigenvalue weighted by Crippen LogP contribution is -2.11. The summed E-state index contributed by atoms with van der Waals surface area (Å²) in [7, 11) is 0. The van der Waals surface area contributed by atoms with Crippen molar-refractivity contribution in [1.82, 2.24) is 0 Å². The highest BCUT2D eigenvalue weighted by atomic mass is 16.1. The number of anilines is 1. The summed E-state index contributed by atoms with van der Waals surface area (Å²) in [6, 6.07) is 8.85. The van der Waals surface area contributed by atoms with Crippen molar-refractivity contribution in [2.45, 2.75) is 13.3 Å². The van der Waals surface area contributed by atoms with Crippen LogP contribution < -0.4 is 5.32 Å². The summed E-state index contributed by atoms with van der Waals surface area (Å²) in [6.07, 6.45) is -0.210. The maximum atomic E-state index is 11.1. The molecule has 0 aromatic heterocycles. The Morgan fingerprint density at radius 2 is 2.20 bits per heavy atom. The van der Waals surface area contributed by atoms with Crippen molar-refractivity contribution in [3.63, 3.8) is 0 Å². The van der Waals surface area contributed by atoms with Gasteiger partial charge in [0.1, 0.15) is 12.5 Å². The highest BCUT2D eigenvalue weighted by Crippen LogP contribution is 2.16.